The number of ketones is 1. The second kappa shape index (κ2) is 6.70. The standard InChI is InChI=1S/C14H17NO4/c1-10(16)13(14(17)15(2)19-4)9-11-5-7-12(18-3)8-6-11/h5-9H,1-4H3/b13-9-. The zero-order valence-corrected chi connectivity index (χ0v) is 11.5. The number of likely N-dealkylation sites (N-methyl/N-ethyl adjacent to an activating group) is 1. The summed E-state index contributed by atoms with van der Waals surface area (Å²) in [6, 6.07) is 7.05. The molecule has 102 valence electrons. The van der Waals surface area contributed by atoms with Crippen LogP contribution in [0.3, 0.4) is 0 Å². The van der Waals surface area contributed by atoms with Gasteiger partial charge < -0.3 is 4.74 Å². The molecule has 5 heteroatoms. The number of hydroxylamine groups is 2. The molecule has 0 fully saturated rings. The summed E-state index contributed by atoms with van der Waals surface area (Å²) >= 11 is 0. The minimum atomic E-state index is -0.481. The predicted molar refractivity (Wildman–Crippen MR) is 71.4 cm³/mol. The second-order valence-electron chi connectivity index (χ2n) is 3.87. The van der Waals surface area contributed by atoms with E-state index >= 15 is 0 Å². The Morgan fingerprint density at radius 2 is 1.74 bits per heavy atom. The van der Waals surface area contributed by atoms with Crippen LogP contribution in [0.25, 0.3) is 6.08 Å². The van der Waals surface area contributed by atoms with Gasteiger partial charge in [0, 0.05) is 7.05 Å². The highest BCUT2D eigenvalue weighted by Crippen LogP contribution is 2.15. The van der Waals surface area contributed by atoms with E-state index in [9.17, 15) is 9.59 Å². The van der Waals surface area contributed by atoms with Crippen molar-refractivity contribution in [3.63, 3.8) is 0 Å². The normalized spacial score (nSPS) is 11.1. The van der Waals surface area contributed by atoms with E-state index in [1.165, 1.54) is 27.2 Å². The molecule has 0 N–H and O–H groups in total. The summed E-state index contributed by atoms with van der Waals surface area (Å²) in [7, 11) is 4.39. The van der Waals surface area contributed by atoms with E-state index in [-0.39, 0.29) is 11.4 Å². The van der Waals surface area contributed by atoms with Crippen LogP contribution < -0.4 is 4.74 Å². The van der Waals surface area contributed by atoms with Gasteiger partial charge in [0.05, 0.1) is 19.8 Å². The summed E-state index contributed by atoms with van der Waals surface area (Å²) in [5.74, 6) is -0.0857. The van der Waals surface area contributed by atoms with Gasteiger partial charge in [-0.15, -0.1) is 0 Å². The third kappa shape index (κ3) is 3.93. The van der Waals surface area contributed by atoms with Crippen molar-refractivity contribution >= 4 is 17.8 Å². The molecule has 0 aliphatic rings. The first-order valence-corrected chi connectivity index (χ1v) is 5.68. The average molecular weight is 263 g/mol. The van der Waals surface area contributed by atoms with Gasteiger partial charge in [-0.05, 0) is 30.7 Å². The van der Waals surface area contributed by atoms with Crippen LogP contribution in [0.4, 0.5) is 0 Å². The van der Waals surface area contributed by atoms with Crippen molar-refractivity contribution in [2.75, 3.05) is 21.3 Å². The number of methoxy groups -OCH3 is 1. The number of hydrogen-bond donors (Lipinski definition) is 0. The molecule has 0 radical (unpaired) electrons. The van der Waals surface area contributed by atoms with Crippen molar-refractivity contribution in [1.82, 2.24) is 5.06 Å². The number of benzene rings is 1. The second-order valence-corrected chi connectivity index (χ2v) is 3.87. The number of ether oxygens (including phenoxy) is 1. The fourth-order valence-corrected chi connectivity index (χ4v) is 1.43. The molecule has 0 unspecified atom stereocenters. The molecular weight excluding hydrogens is 246 g/mol. The Balaban J connectivity index is 3.07. The maximum absolute atomic E-state index is 11.9. The van der Waals surface area contributed by atoms with Gasteiger partial charge in [0.2, 0.25) is 0 Å². The first-order chi connectivity index (χ1) is 8.99. The Kier molecular flexibility index (Phi) is 5.26. The van der Waals surface area contributed by atoms with E-state index in [1.807, 2.05) is 0 Å². The van der Waals surface area contributed by atoms with Gasteiger partial charge >= 0.3 is 0 Å². The molecule has 0 heterocycles. The van der Waals surface area contributed by atoms with E-state index in [0.717, 1.165) is 10.6 Å². The summed E-state index contributed by atoms with van der Waals surface area (Å²) in [6.45, 7) is 1.34. The van der Waals surface area contributed by atoms with Crippen LogP contribution in [0.1, 0.15) is 12.5 Å². The molecule has 0 bridgehead atoms. The van der Waals surface area contributed by atoms with Gasteiger partial charge in [0.25, 0.3) is 5.91 Å². The molecule has 0 atom stereocenters. The Bertz CT molecular complexity index is 491. The summed E-state index contributed by atoms with van der Waals surface area (Å²) in [5, 5.41) is 1.01. The van der Waals surface area contributed by atoms with E-state index in [0.29, 0.717) is 5.75 Å². The number of hydrogen-bond acceptors (Lipinski definition) is 4. The van der Waals surface area contributed by atoms with Crippen molar-refractivity contribution in [2.45, 2.75) is 6.92 Å². The molecule has 19 heavy (non-hydrogen) atoms. The van der Waals surface area contributed by atoms with Crippen molar-refractivity contribution in [3.05, 3.63) is 35.4 Å². The number of rotatable bonds is 5. The van der Waals surface area contributed by atoms with Crippen LogP contribution in [0.2, 0.25) is 0 Å². The summed E-state index contributed by atoms with van der Waals surface area (Å²) in [5.41, 5.74) is 0.804. The van der Waals surface area contributed by atoms with Crippen LogP contribution in [0, 0.1) is 0 Å². The van der Waals surface area contributed by atoms with Crippen LogP contribution in [0.5, 0.6) is 5.75 Å². The molecule has 1 rings (SSSR count). The fourth-order valence-electron chi connectivity index (χ4n) is 1.43. The average Bonchev–Trinajstić information content (AvgIpc) is 2.43. The molecule has 1 amide bonds. The van der Waals surface area contributed by atoms with Crippen LogP contribution in [0.15, 0.2) is 29.8 Å². The molecule has 1 aromatic rings. The largest absolute Gasteiger partial charge is 0.497 e. The van der Waals surface area contributed by atoms with E-state index in [1.54, 1.807) is 31.4 Å². The Morgan fingerprint density at radius 1 is 1.16 bits per heavy atom. The number of carbonyl (C=O) groups excluding carboxylic acids is 2. The summed E-state index contributed by atoms with van der Waals surface area (Å²) < 4.78 is 5.04. The first kappa shape index (κ1) is 14.9. The lowest BCUT2D eigenvalue weighted by Crippen LogP contribution is -2.29. The smallest absolute Gasteiger partial charge is 0.280 e. The van der Waals surface area contributed by atoms with Crippen molar-refractivity contribution in [2.24, 2.45) is 0 Å². The van der Waals surface area contributed by atoms with Crippen LogP contribution in [-0.4, -0.2) is 38.0 Å². The van der Waals surface area contributed by atoms with Gasteiger partial charge in [-0.3, -0.25) is 14.4 Å². The molecule has 0 saturated heterocycles. The quantitative estimate of drug-likeness (QED) is 0.351. The van der Waals surface area contributed by atoms with Crippen molar-refractivity contribution in [1.29, 1.82) is 0 Å². The van der Waals surface area contributed by atoms with Gasteiger partial charge in [0.1, 0.15) is 5.75 Å². The molecule has 0 aliphatic heterocycles. The molecule has 0 aliphatic carbocycles. The van der Waals surface area contributed by atoms with Gasteiger partial charge in [0.15, 0.2) is 5.78 Å². The van der Waals surface area contributed by atoms with Crippen molar-refractivity contribution < 1.29 is 19.2 Å². The highest BCUT2D eigenvalue weighted by Gasteiger charge is 2.18. The fraction of sp³-hybridized carbons (Fsp3) is 0.286. The van der Waals surface area contributed by atoms with E-state index in [4.69, 9.17) is 9.57 Å². The van der Waals surface area contributed by atoms with Crippen LogP contribution in [-0.2, 0) is 14.4 Å². The Morgan fingerprint density at radius 3 is 2.16 bits per heavy atom. The molecule has 0 spiro atoms. The van der Waals surface area contributed by atoms with Gasteiger partial charge in [-0.25, -0.2) is 5.06 Å². The zero-order valence-electron chi connectivity index (χ0n) is 11.5. The first-order valence-electron chi connectivity index (χ1n) is 5.68. The highest BCUT2D eigenvalue weighted by molar-refractivity contribution is 6.21. The lowest BCUT2D eigenvalue weighted by Gasteiger charge is -2.14. The number of nitrogens with zero attached hydrogens (tertiary/aromatic N) is 1. The SMILES string of the molecule is COc1ccc(/C=C(/C(C)=O)C(=O)N(C)OC)cc1. The lowest BCUT2D eigenvalue weighted by atomic mass is 10.1. The summed E-state index contributed by atoms with van der Waals surface area (Å²) in [4.78, 5) is 28.3. The van der Waals surface area contributed by atoms with Crippen LogP contribution >= 0.6 is 0 Å². The highest BCUT2D eigenvalue weighted by atomic mass is 16.7. The topological polar surface area (TPSA) is 55.8 Å². The van der Waals surface area contributed by atoms with Gasteiger partial charge in [-0.1, -0.05) is 12.1 Å². The molecule has 0 saturated carbocycles. The minimum absolute atomic E-state index is 0.0644. The van der Waals surface area contributed by atoms with E-state index in [2.05, 4.69) is 0 Å². The predicted octanol–water partition coefficient (Wildman–Crippen LogP) is 1.69. The Hall–Kier alpha value is -2.14. The zero-order chi connectivity index (χ0) is 14.4. The Labute approximate surface area is 112 Å². The van der Waals surface area contributed by atoms with E-state index < -0.39 is 5.91 Å². The maximum Gasteiger partial charge on any atom is 0.280 e. The van der Waals surface area contributed by atoms with Gasteiger partial charge in [-0.2, -0.15) is 0 Å². The number of carbonyl (C=O) groups is 2. The molecule has 0 aromatic heterocycles. The third-order valence-corrected chi connectivity index (χ3v) is 2.60. The molecule has 5 nitrogen and oxygen atoms in total. The third-order valence-electron chi connectivity index (χ3n) is 2.60. The number of amides is 1. The lowest BCUT2D eigenvalue weighted by molar-refractivity contribution is -0.164. The molecule has 1 aromatic carbocycles. The monoisotopic (exact) mass is 263 g/mol. The minimum Gasteiger partial charge on any atom is -0.497 e. The summed E-state index contributed by atoms with van der Waals surface area (Å²) in [6.07, 6.45) is 1.53. The van der Waals surface area contributed by atoms with Crippen molar-refractivity contribution in [3.8, 4) is 5.75 Å². The molecular formula is C14H17NO4. The maximum atomic E-state index is 11.9. The number of Topliss-reactive ketones (excluding diaryl/α,β-unsaturated/α-hetero) is 1.